The van der Waals surface area contributed by atoms with Gasteiger partial charge in [0.2, 0.25) is 0 Å². The Morgan fingerprint density at radius 2 is 2.07 bits per heavy atom. The van der Waals surface area contributed by atoms with Crippen LogP contribution in [0.25, 0.3) is 0 Å². The first kappa shape index (κ1) is 9.38. The highest BCUT2D eigenvalue weighted by atomic mass is 16.5. The number of nitrogens with zero attached hydrogens (tertiary/aromatic N) is 1. The molecule has 0 saturated carbocycles. The van der Waals surface area contributed by atoms with Crippen molar-refractivity contribution in [2.75, 3.05) is 18.1 Å². The van der Waals surface area contributed by atoms with E-state index in [1.807, 2.05) is 6.07 Å². The van der Waals surface area contributed by atoms with Crippen LogP contribution < -0.4 is 9.64 Å². The first-order chi connectivity index (χ1) is 6.79. The minimum atomic E-state index is 0.540. The first-order valence-corrected chi connectivity index (χ1v) is 5.27. The van der Waals surface area contributed by atoms with Gasteiger partial charge in [0.1, 0.15) is 5.75 Å². The van der Waals surface area contributed by atoms with Crippen LogP contribution in [-0.4, -0.2) is 19.2 Å². The lowest BCUT2D eigenvalue weighted by Gasteiger charge is -2.27. The molecule has 0 saturated heterocycles. The van der Waals surface area contributed by atoms with E-state index in [1.54, 1.807) is 0 Å². The fourth-order valence-electron chi connectivity index (χ4n) is 1.89. The Bertz CT molecular complexity index is 309. The lowest BCUT2D eigenvalue weighted by Crippen LogP contribution is -2.31. The van der Waals surface area contributed by atoms with E-state index in [-0.39, 0.29) is 0 Å². The van der Waals surface area contributed by atoms with Gasteiger partial charge in [0, 0.05) is 12.6 Å². The molecule has 0 fully saturated rings. The van der Waals surface area contributed by atoms with Crippen molar-refractivity contribution in [1.82, 2.24) is 0 Å². The quantitative estimate of drug-likeness (QED) is 0.676. The molecular weight excluding hydrogens is 174 g/mol. The Morgan fingerprint density at radius 3 is 2.86 bits per heavy atom. The van der Waals surface area contributed by atoms with Crippen molar-refractivity contribution in [1.29, 1.82) is 0 Å². The van der Waals surface area contributed by atoms with Gasteiger partial charge in [0.15, 0.2) is 0 Å². The maximum atomic E-state index is 5.69. The van der Waals surface area contributed by atoms with Gasteiger partial charge in [-0.05, 0) is 32.4 Å². The van der Waals surface area contributed by atoms with Gasteiger partial charge < -0.3 is 9.64 Å². The SMILES string of the molecule is CC(C)N1CCCOc2ccccc21. The molecule has 1 aliphatic rings. The molecule has 1 aliphatic heterocycles. The summed E-state index contributed by atoms with van der Waals surface area (Å²) in [6.07, 6.45) is 1.10. The predicted octanol–water partition coefficient (Wildman–Crippen LogP) is 2.68. The summed E-state index contributed by atoms with van der Waals surface area (Å²) >= 11 is 0. The molecule has 0 aliphatic carbocycles. The molecule has 2 nitrogen and oxygen atoms in total. The minimum absolute atomic E-state index is 0.540. The van der Waals surface area contributed by atoms with Gasteiger partial charge in [-0.25, -0.2) is 0 Å². The van der Waals surface area contributed by atoms with Crippen LogP contribution in [0.15, 0.2) is 24.3 Å². The molecule has 2 heteroatoms. The Morgan fingerprint density at radius 1 is 1.29 bits per heavy atom. The number of anilines is 1. The van der Waals surface area contributed by atoms with Gasteiger partial charge in [0.25, 0.3) is 0 Å². The lowest BCUT2D eigenvalue weighted by molar-refractivity contribution is 0.322. The number of hydrogen-bond acceptors (Lipinski definition) is 2. The van der Waals surface area contributed by atoms with Gasteiger partial charge >= 0.3 is 0 Å². The zero-order valence-corrected chi connectivity index (χ0v) is 8.86. The second-order valence-electron chi connectivity index (χ2n) is 3.96. The lowest BCUT2D eigenvalue weighted by atomic mass is 10.2. The van der Waals surface area contributed by atoms with E-state index in [2.05, 4.69) is 36.9 Å². The summed E-state index contributed by atoms with van der Waals surface area (Å²) in [6.45, 7) is 6.37. The van der Waals surface area contributed by atoms with E-state index in [1.165, 1.54) is 5.69 Å². The van der Waals surface area contributed by atoms with E-state index in [9.17, 15) is 0 Å². The summed E-state index contributed by atoms with van der Waals surface area (Å²) in [5, 5.41) is 0. The molecule has 0 N–H and O–H groups in total. The molecule has 14 heavy (non-hydrogen) atoms. The number of rotatable bonds is 1. The smallest absolute Gasteiger partial charge is 0.142 e. The van der Waals surface area contributed by atoms with Crippen molar-refractivity contribution in [2.45, 2.75) is 26.3 Å². The molecule has 0 amide bonds. The van der Waals surface area contributed by atoms with Crippen molar-refractivity contribution in [2.24, 2.45) is 0 Å². The fourth-order valence-corrected chi connectivity index (χ4v) is 1.89. The molecule has 0 atom stereocenters. The van der Waals surface area contributed by atoms with Crippen LogP contribution in [0, 0.1) is 0 Å². The summed E-state index contributed by atoms with van der Waals surface area (Å²) in [5.41, 5.74) is 1.24. The number of benzene rings is 1. The average Bonchev–Trinajstić information content (AvgIpc) is 2.39. The van der Waals surface area contributed by atoms with Crippen molar-refractivity contribution < 1.29 is 4.74 Å². The highest BCUT2D eigenvalue weighted by molar-refractivity contribution is 5.59. The number of ether oxygens (including phenoxy) is 1. The molecule has 0 aromatic heterocycles. The predicted molar refractivity (Wildman–Crippen MR) is 59.0 cm³/mol. The summed E-state index contributed by atoms with van der Waals surface area (Å²) in [5.74, 6) is 1.03. The van der Waals surface area contributed by atoms with Crippen LogP contribution in [-0.2, 0) is 0 Å². The van der Waals surface area contributed by atoms with Crippen LogP contribution in [0.3, 0.4) is 0 Å². The highest BCUT2D eigenvalue weighted by Crippen LogP contribution is 2.31. The van der Waals surface area contributed by atoms with Gasteiger partial charge in [-0.3, -0.25) is 0 Å². The molecule has 2 rings (SSSR count). The van der Waals surface area contributed by atoms with Crippen LogP contribution in [0.1, 0.15) is 20.3 Å². The Labute approximate surface area is 85.5 Å². The van der Waals surface area contributed by atoms with Crippen LogP contribution in [0.5, 0.6) is 5.75 Å². The van der Waals surface area contributed by atoms with Crippen molar-refractivity contribution in [3.63, 3.8) is 0 Å². The molecule has 0 radical (unpaired) electrons. The summed E-state index contributed by atoms with van der Waals surface area (Å²) in [7, 11) is 0. The molecule has 0 unspecified atom stereocenters. The van der Waals surface area contributed by atoms with E-state index >= 15 is 0 Å². The standard InChI is InChI=1S/C12H17NO/c1-10(2)13-8-5-9-14-12-7-4-3-6-11(12)13/h3-4,6-7,10H,5,8-9H2,1-2H3. The van der Waals surface area contributed by atoms with Gasteiger partial charge in [0.05, 0.1) is 12.3 Å². The van der Waals surface area contributed by atoms with Gasteiger partial charge in [-0.15, -0.1) is 0 Å². The molecule has 1 aromatic rings. The third kappa shape index (κ3) is 1.69. The Kier molecular flexibility index (Phi) is 2.62. The topological polar surface area (TPSA) is 12.5 Å². The second-order valence-corrected chi connectivity index (χ2v) is 3.96. The third-order valence-electron chi connectivity index (χ3n) is 2.60. The van der Waals surface area contributed by atoms with E-state index in [0.29, 0.717) is 6.04 Å². The van der Waals surface area contributed by atoms with Crippen LogP contribution >= 0.6 is 0 Å². The molecule has 0 bridgehead atoms. The third-order valence-corrected chi connectivity index (χ3v) is 2.60. The second kappa shape index (κ2) is 3.91. The molecule has 76 valence electrons. The number of hydrogen-bond donors (Lipinski definition) is 0. The van der Waals surface area contributed by atoms with E-state index in [4.69, 9.17) is 4.74 Å². The normalized spacial score (nSPS) is 16.1. The van der Waals surface area contributed by atoms with Crippen molar-refractivity contribution in [3.05, 3.63) is 24.3 Å². The Hall–Kier alpha value is -1.18. The summed E-state index contributed by atoms with van der Waals surface area (Å²) in [4.78, 5) is 2.41. The molecule has 1 heterocycles. The van der Waals surface area contributed by atoms with Crippen molar-refractivity contribution >= 4 is 5.69 Å². The molecule has 1 aromatic carbocycles. The molecule has 0 spiro atoms. The maximum Gasteiger partial charge on any atom is 0.142 e. The zero-order valence-electron chi connectivity index (χ0n) is 8.86. The van der Waals surface area contributed by atoms with Crippen LogP contribution in [0.2, 0.25) is 0 Å². The maximum absolute atomic E-state index is 5.69. The highest BCUT2D eigenvalue weighted by Gasteiger charge is 2.17. The summed E-state index contributed by atoms with van der Waals surface area (Å²) in [6, 6.07) is 8.83. The van der Waals surface area contributed by atoms with Gasteiger partial charge in [-0.2, -0.15) is 0 Å². The monoisotopic (exact) mass is 191 g/mol. The largest absolute Gasteiger partial charge is 0.491 e. The van der Waals surface area contributed by atoms with E-state index < -0.39 is 0 Å². The number of fused-ring (bicyclic) bond motifs is 1. The van der Waals surface area contributed by atoms with Gasteiger partial charge in [-0.1, -0.05) is 12.1 Å². The zero-order chi connectivity index (χ0) is 9.97. The fraction of sp³-hybridized carbons (Fsp3) is 0.500. The first-order valence-electron chi connectivity index (χ1n) is 5.27. The Balaban J connectivity index is 2.37. The molecular formula is C12H17NO. The minimum Gasteiger partial charge on any atom is -0.491 e. The number of para-hydroxylation sites is 2. The summed E-state index contributed by atoms with van der Waals surface area (Å²) < 4.78 is 5.69. The van der Waals surface area contributed by atoms with Crippen LogP contribution in [0.4, 0.5) is 5.69 Å². The van der Waals surface area contributed by atoms with E-state index in [0.717, 1.165) is 25.3 Å². The average molecular weight is 191 g/mol. The van der Waals surface area contributed by atoms with Crippen molar-refractivity contribution in [3.8, 4) is 5.75 Å².